The summed E-state index contributed by atoms with van der Waals surface area (Å²) in [6, 6.07) is 16.0. The monoisotopic (exact) mass is 488 g/mol. The van der Waals surface area contributed by atoms with Crippen molar-refractivity contribution in [3.63, 3.8) is 0 Å². The number of furan rings is 1. The van der Waals surface area contributed by atoms with Crippen molar-refractivity contribution in [2.75, 3.05) is 33.0 Å². The number of nitro benzene ring substituents is 1. The van der Waals surface area contributed by atoms with E-state index in [1.54, 1.807) is 18.4 Å². The predicted molar refractivity (Wildman–Crippen MR) is 130 cm³/mol. The van der Waals surface area contributed by atoms with Crippen LogP contribution < -0.4 is 9.47 Å². The van der Waals surface area contributed by atoms with Gasteiger partial charge in [-0.3, -0.25) is 19.8 Å². The lowest BCUT2D eigenvalue weighted by molar-refractivity contribution is -0.384. The van der Waals surface area contributed by atoms with Crippen LogP contribution >= 0.6 is 0 Å². The van der Waals surface area contributed by atoms with Crippen molar-refractivity contribution in [1.82, 2.24) is 14.4 Å². The minimum absolute atomic E-state index is 0.0227. The SMILES string of the molecule is O=C(c1cc2occc2n1Cc1cccc([N+](=O)[O-])c1)N1CCN(Cc2ccc3c(c2)OCO3)CC1. The molecule has 2 aromatic carbocycles. The third-order valence-corrected chi connectivity index (χ3v) is 6.71. The molecule has 0 radical (unpaired) electrons. The first-order valence-corrected chi connectivity index (χ1v) is 11.8. The summed E-state index contributed by atoms with van der Waals surface area (Å²) >= 11 is 0. The van der Waals surface area contributed by atoms with Crippen molar-refractivity contribution >= 4 is 22.7 Å². The predicted octanol–water partition coefficient (Wildman–Crippen LogP) is 3.88. The molecule has 1 amide bonds. The van der Waals surface area contributed by atoms with Gasteiger partial charge in [0.05, 0.1) is 16.7 Å². The number of carbonyl (C=O) groups excluding carboxylic acids is 1. The molecular formula is C26H24N4O6. The molecule has 6 rings (SSSR count). The van der Waals surface area contributed by atoms with E-state index in [2.05, 4.69) is 4.90 Å². The first kappa shape index (κ1) is 22.2. The average Bonchev–Trinajstić information content (AvgIpc) is 3.61. The molecule has 2 aliphatic heterocycles. The molecule has 4 heterocycles. The summed E-state index contributed by atoms with van der Waals surface area (Å²) in [5.41, 5.74) is 3.82. The second kappa shape index (κ2) is 9.04. The average molecular weight is 489 g/mol. The third-order valence-electron chi connectivity index (χ3n) is 6.71. The van der Waals surface area contributed by atoms with Crippen LogP contribution in [0.15, 0.2) is 65.3 Å². The molecule has 1 saturated heterocycles. The summed E-state index contributed by atoms with van der Waals surface area (Å²) in [7, 11) is 0. The van der Waals surface area contributed by atoms with Crippen LogP contribution in [0.5, 0.6) is 11.5 Å². The number of hydrogen-bond acceptors (Lipinski definition) is 7. The van der Waals surface area contributed by atoms with E-state index in [-0.39, 0.29) is 18.4 Å². The number of nitrogens with zero attached hydrogens (tertiary/aromatic N) is 4. The maximum absolute atomic E-state index is 13.6. The Labute approximate surface area is 206 Å². The fourth-order valence-corrected chi connectivity index (χ4v) is 4.84. The molecule has 10 nitrogen and oxygen atoms in total. The number of hydrogen-bond donors (Lipinski definition) is 0. The van der Waals surface area contributed by atoms with Gasteiger partial charge >= 0.3 is 0 Å². The van der Waals surface area contributed by atoms with Crippen LogP contribution in [0, 0.1) is 10.1 Å². The number of benzene rings is 2. The molecule has 0 atom stereocenters. The number of rotatable bonds is 6. The zero-order valence-electron chi connectivity index (χ0n) is 19.5. The minimum Gasteiger partial charge on any atom is -0.463 e. The number of piperazine rings is 1. The number of amides is 1. The Morgan fingerprint density at radius 3 is 2.56 bits per heavy atom. The highest BCUT2D eigenvalue weighted by Crippen LogP contribution is 2.33. The number of non-ortho nitro benzene ring substituents is 1. The van der Waals surface area contributed by atoms with Crippen molar-refractivity contribution in [3.8, 4) is 11.5 Å². The van der Waals surface area contributed by atoms with E-state index in [1.165, 1.54) is 12.1 Å². The van der Waals surface area contributed by atoms with E-state index in [4.69, 9.17) is 13.9 Å². The molecule has 1 fully saturated rings. The van der Waals surface area contributed by atoms with Gasteiger partial charge in [0, 0.05) is 63.5 Å². The molecule has 184 valence electrons. The highest BCUT2D eigenvalue weighted by Gasteiger charge is 2.27. The molecule has 0 aliphatic carbocycles. The Kier molecular flexibility index (Phi) is 5.57. The Bertz CT molecular complexity index is 1450. The van der Waals surface area contributed by atoms with Gasteiger partial charge in [0.15, 0.2) is 17.1 Å². The molecule has 0 N–H and O–H groups in total. The second-order valence-electron chi connectivity index (χ2n) is 8.97. The van der Waals surface area contributed by atoms with Gasteiger partial charge in [-0.05, 0) is 23.3 Å². The molecule has 2 aliphatic rings. The summed E-state index contributed by atoms with van der Waals surface area (Å²) in [5, 5.41) is 11.2. The maximum Gasteiger partial charge on any atom is 0.270 e. The van der Waals surface area contributed by atoms with Gasteiger partial charge < -0.3 is 23.4 Å². The van der Waals surface area contributed by atoms with E-state index >= 15 is 0 Å². The normalized spacial score (nSPS) is 15.5. The van der Waals surface area contributed by atoms with Crippen LogP contribution in [0.25, 0.3) is 11.1 Å². The Balaban J connectivity index is 1.16. The zero-order valence-corrected chi connectivity index (χ0v) is 19.5. The molecule has 36 heavy (non-hydrogen) atoms. The summed E-state index contributed by atoms with van der Waals surface area (Å²) < 4.78 is 18.3. The van der Waals surface area contributed by atoms with Gasteiger partial charge in [-0.15, -0.1) is 0 Å². The van der Waals surface area contributed by atoms with Gasteiger partial charge in [-0.2, -0.15) is 0 Å². The number of ether oxygens (including phenoxy) is 2. The van der Waals surface area contributed by atoms with E-state index in [9.17, 15) is 14.9 Å². The van der Waals surface area contributed by atoms with Gasteiger partial charge in [0.1, 0.15) is 5.69 Å². The van der Waals surface area contributed by atoms with Crippen molar-refractivity contribution in [2.24, 2.45) is 0 Å². The zero-order chi connectivity index (χ0) is 24.6. The summed E-state index contributed by atoms with van der Waals surface area (Å²) in [6.45, 7) is 4.07. The van der Waals surface area contributed by atoms with E-state index in [0.717, 1.165) is 47.8 Å². The first-order chi connectivity index (χ1) is 17.5. The molecule has 0 unspecified atom stereocenters. The van der Waals surface area contributed by atoms with E-state index in [0.29, 0.717) is 30.9 Å². The molecule has 0 spiro atoms. The topological polar surface area (TPSA) is 103 Å². The minimum atomic E-state index is -0.415. The van der Waals surface area contributed by atoms with E-state index < -0.39 is 4.92 Å². The highest BCUT2D eigenvalue weighted by molar-refractivity contribution is 5.97. The van der Waals surface area contributed by atoms with E-state index in [1.807, 2.05) is 39.8 Å². The quantitative estimate of drug-likeness (QED) is 0.300. The Morgan fingerprint density at radius 2 is 1.72 bits per heavy atom. The first-order valence-electron chi connectivity index (χ1n) is 11.8. The van der Waals surface area contributed by atoms with Crippen LogP contribution in [0.4, 0.5) is 5.69 Å². The summed E-state index contributed by atoms with van der Waals surface area (Å²) in [5.74, 6) is 1.47. The second-order valence-corrected chi connectivity index (χ2v) is 8.97. The fourth-order valence-electron chi connectivity index (χ4n) is 4.84. The lowest BCUT2D eigenvalue weighted by Crippen LogP contribution is -2.48. The lowest BCUT2D eigenvalue weighted by Gasteiger charge is -2.35. The number of carbonyl (C=O) groups is 1. The van der Waals surface area contributed by atoms with Crippen molar-refractivity contribution in [2.45, 2.75) is 13.1 Å². The fraction of sp³-hybridized carbons (Fsp3) is 0.269. The molecule has 0 saturated carbocycles. The van der Waals surface area contributed by atoms with Gasteiger partial charge in [0.25, 0.3) is 11.6 Å². The molecule has 2 aromatic heterocycles. The number of aromatic nitrogens is 1. The summed E-state index contributed by atoms with van der Waals surface area (Å²) in [4.78, 5) is 28.5. The third kappa shape index (κ3) is 4.16. The van der Waals surface area contributed by atoms with Crippen LogP contribution in [0.2, 0.25) is 0 Å². The molecule has 4 aromatic rings. The van der Waals surface area contributed by atoms with Crippen LogP contribution in [-0.2, 0) is 13.1 Å². The largest absolute Gasteiger partial charge is 0.463 e. The maximum atomic E-state index is 13.6. The van der Waals surface area contributed by atoms with Gasteiger partial charge in [-0.25, -0.2) is 0 Å². The van der Waals surface area contributed by atoms with Crippen molar-refractivity contribution in [3.05, 3.63) is 87.8 Å². The Hall–Kier alpha value is -4.31. The van der Waals surface area contributed by atoms with Crippen LogP contribution in [0.1, 0.15) is 21.6 Å². The Morgan fingerprint density at radius 1 is 0.917 bits per heavy atom. The van der Waals surface area contributed by atoms with Crippen molar-refractivity contribution < 1.29 is 23.6 Å². The van der Waals surface area contributed by atoms with Crippen LogP contribution in [0.3, 0.4) is 0 Å². The van der Waals surface area contributed by atoms with Crippen molar-refractivity contribution in [1.29, 1.82) is 0 Å². The standard InChI is InChI=1S/C26H24N4O6/c31-26(28-9-7-27(8-10-28)15-19-4-5-23-25(13-19)36-17-35-23)22-14-24-21(6-11-34-24)29(22)16-18-2-1-3-20(12-18)30(32)33/h1-6,11-14H,7-10,15-17H2. The molecule has 10 heteroatoms. The number of nitro groups is 1. The summed E-state index contributed by atoms with van der Waals surface area (Å²) in [6.07, 6.45) is 1.58. The van der Waals surface area contributed by atoms with Crippen LogP contribution in [-0.4, -0.2) is 58.2 Å². The molecular weight excluding hydrogens is 464 g/mol. The molecule has 0 bridgehead atoms. The van der Waals surface area contributed by atoms with Gasteiger partial charge in [-0.1, -0.05) is 18.2 Å². The number of fused-ring (bicyclic) bond motifs is 2. The lowest BCUT2D eigenvalue weighted by atomic mass is 10.1. The smallest absolute Gasteiger partial charge is 0.270 e. The van der Waals surface area contributed by atoms with Gasteiger partial charge in [0.2, 0.25) is 6.79 Å². The highest BCUT2D eigenvalue weighted by atomic mass is 16.7.